The van der Waals surface area contributed by atoms with Crippen LogP contribution in [0.5, 0.6) is 0 Å². The van der Waals surface area contributed by atoms with Crippen molar-refractivity contribution in [2.75, 3.05) is 11.9 Å². The predicted molar refractivity (Wildman–Crippen MR) is 95.9 cm³/mol. The summed E-state index contributed by atoms with van der Waals surface area (Å²) in [6.45, 7) is 2.90. The number of benzene rings is 2. The molecule has 0 aliphatic heterocycles. The molecule has 3 rings (SSSR count). The fraction of sp³-hybridized carbons (Fsp3) is 0.167. The van der Waals surface area contributed by atoms with Crippen molar-refractivity contribution in [1.82, 2.24) is 4.98 Å². The molecule has 22 heavy (non-hydrogen) atoms. The Hall–Kier alpha value is -1.84. The Morgan fingerprint density at radius 2 is 1.95 bits per heavy atom. The van der Waals surface area contributed by atoms with Crippen LogP contribution in [0.3, 0.4) is 0 Å². The lowest BCUT2D eigenvalue weighted by Crippen LogP contribution is -2.04. The smallest absolute Gasteiger partial charge is 0.183 e. The number of anilines is 1. The first-order valence-corrected chi connectivity index (χ1v) is 8.48. The van der Waals surface area contributed by atoms with Crippen LogP contribution < -0.4 is 5.32 Å². The van der Waals surface area contributed by atoms with Crippen LogP contribution in [0.25, 0.3) is 11.3 Å². The molecular formula is C18H17ClN2S. The van der Waals surface area contributed by atoms with E-state index >= 15 is 0 Å². The second-order valence-corrected chi connectivity index (χ2v) is 6.43. The molecule has 0 saturated heterocycles. The third-order valence-electron chi connectivity index (χ3n) is 3.49. The molecule has 3 aromatic rings. The van der Waals surface area contributed by atoms with E-state index in [0.717, 1.165) is 39.9 Å². The monoisotopic (exact) mass is 328 g/mol. The van der Waals surface area contributed by atoms with E-state index in [-0.39, 0.29) is 0 Å². The van der Waals surface area contributed by atoms with Gasteiger partial charge in [0, 0.05) is 22.5 Å². The zero-order chi connectivity index (χ0) is 15.4. The third-order valence-corrected chi connectivity index (χ3v) is 4.71. The van der Waals surface area contributed by atoms with Gasteiger partial charge in [-0.1, -0.05) is 48.0 Å². The number of thiazole rings is 1. The highest BCUT2D eigenvalue weighted by molar-refractivity contribution is 7.14. The van der Waals surface area contributed by atoms with Crippen molar-refractivity contribution in [3.8, 4) is 11.3 Å². The van der Waals surface area contributed by atoms with Crippen molar-refractivity contribution in [2.45, 2.75) is 13.3 Å². The van der Waals surface area contributed by atoms with E-state index in [1.165, 1.54) is 5.56 Å². The standard InChI is InChI=1S/C18H17ClN2S/c1-13-11-15(7-8-16(13)19)17-12-22-18(21-17)20-10-9-14-5-3-2-4-6-14/h2-8,11-12H,9-10H2,1H3,(H,20,21). The molecular weight excluding hydrogens is 312 g/mol. The van der Waals surface area contributed by atoms with E-state index in [0.29, 0.717) is 0 Å². The van der Waals surface area contributed by atoms with Crippen LogP contribution in [-0.4, -0.2) is 11.5 Å². The van der Waals surface area contributed by atoms with Gasteiger partial charge in [-0.2, -0.15) is 0 Å². The van der Waals surface area contributed by atoms with Gasteiger partial charge >= 0.3 is 0 Å². The number of rotatable bonds is 5. The zero-order valence-electron chi connectivity index (χ0n) is 12.3. The fourth-order valence-electron chi connectivity index (χ4n) is 2.25. The second kappa shape index (κ2) is 6.95. The normalized spacial score (nSPS) is 10.6. The first-order chi connectivity index (χ1) is 10.7. The molecule has 1 N–H and O–H groups in total. The number of aryl methyl sites for hydroxylation is 1. The van der Waals surface area contributed by atoms with Gasteiger partial charge < -0.3 is 5.32 Å². The van der Waals surface area contributed by atoms with Gasteiger partial charge in [0.1, 0.15) is 0 Å². The Labute approximate surface area is 139 Å². The molecule has 0 unspecified atom stereocenters. The first kappa shape index (κ1) is 15.1. The Morgan fingerprint density at radius 3 is 2.73 bits per heavy atom. The lowest BCUT2D eigenvalue weighted by molar-refractivity contribution is 1.02. The summed E-state index contributed by atoms with van der Waals surface area (Å²) >= 11 is 7.70. The van der Waals surface area contributed by atoms with E-state index < -0.39 is 0 Å². The molecule has 0 fully saturated rings. The van der Waals surface area contributed by atoms with E-state index in [1.54, 1.807) is 11.3 Å². The van der Waals surface area contributed by atoms with Gasteiger partial charge in [0.25, 0.3) is 0 Å². The van der Waals surface area contributed by atoms with Gasteiger partial charge in [-0.05, 0) is 36.6 Å². The third kappa shape index (κ3) is 3.67. The molecule has 0 radical (unpaired) electrons. The number of halogens is 1. The lowest BCUT2D eigenvalue weighted by Gasteiger charge is -2.03. The molecule has 2 nitrogen and oxygen atoms in total. The van der Waals surface area contributed by atoms with Crippen LogP contribution in [0, 0.1) is 6.92 Å². The molecule has 0 aliphatic rings. The molecule has 112 valence electrons. The van der Waals surface area contributed by atoms with Gasteiger partial charge in [-0.25, -0.2) is 4.98 Å². The minimum Gasteiger partial charge on any atom is -0.361 e. The van der Waals surface area contributed by atoms with Crippen LogP contribution in [0.4, 0.5) is 5.13 Å². The summed E-state index contributed by atoms with van der Waals surface area (Å²) in [5.41, 5.74) is 4.51. The van der Waals surface area contributed by atoms with Gasteiger partial charge in [0.05, 0.1) is 5.69 Å². The summed E-state index contributed by atoms with van der Waals surface area (Å²) in [5.74, 6) is 0. The van der Waals surface area contributed by atoms with Gasteiger partial charge in [0.15, 0.2) is 5.13 Å². The summed E-state index contributed by atoms with van der Waals surface area (Å²) in [7, 11) is 0. The highest BCUT2D eigenvalue weighted by atomic mass is 35.5. The number of hydrogen-bond donors (Lipinski definition) is 1. The average molecular weight is 329 g/mol. The van der Waals surface area contributed by atoms with Crippen molar-refractivity contribution in [1.29, 1.82) is 0 Å². The second-order valence-electron chi connectivity index (χ2n) is 5.16. The molecule has 0 atom stereocenters. The Morgan fingerprint density at radius 1 is 1.14 bits per heavy atom. The highest BCUT2D eigenvalue weighted by Gasteiger charge is 2.06. The average Bonchev–Trinajstić information content (AvgIpc) is 3.00. The zero-order valence-corrected chi connectivity index (χ0v) is 13.9. The molecule has 4 heteroatoms. The van der Waals surface area contributed by atoms with Crippen molar-refractivity contribution >= 4 is 28.1 Å². The van der Waals surface area contributed by atoms with Crippen molar-refractivity contribution in [2.24, 2.45) is 0 Å². The first-order valence-electron chi connectivity index (χ1n) is 7.22. The predicted octanol–water partition coefficient (Wildman–Crippen LogP) is 5.43. The summed E-state index contributed by atoms with van der Waals surface area (Å²) < 4.78 is 0. The van der Waals surface area contributed by atoms with E-state index in [9.17, 15) is 0 Å². The summed E-state index contributed by atoms with van der Waals surface area (Å²) in [5, 5.41) is 7.22. The molecule has 1 aromatic heterocycles. The van der Waals surface area contributed by atoms with Crippen molar-refractivity contribution in [3.63, 3.8) is 0 Å². The Bertz CT molecular complexity index is 753. The Kier molecular flexibility index (Phi) is 4.76. The maximum absolute atomic E-state index is 6.07. The SMILES string of the molecule is Cc1cc(-c2csc(NCCc3ccccc3)n2)ccc1Cl. The van der Waals surface area contributed by atoms with Crippen LogP contribution in [0.2, 0.25) is 5.02 Å². The lowest BCUT2D eigenvalue weighted by atomic mass is 10.1. The van der Waals surface area contributed by atoms with Crippen LogP contribution >= 0.6 is 22.9 Å². The van der Waals surface area contributed by atoms with Crippen LogP contribution in [0.1, 0.15) is 11.1 Å². The summed E-state index contributed by atoms with van der Waals surface area (Å²) in [4.78, 5) is 4.65. The number of aromatic nitrogens is 1. The highest BCUT2D eigenvalue weighted by Crippen LogP contribution is 2.27. The largest absolute Gasteiger partial charge is 0.361 e. The number of nitrogens with zero attached hydrogens (tertiary/aromatic N) is 1. The van der Waals surface area contributed by atoms with E-state index in [1.807, 2.05) is 25.1 Å². The van der Waals surface area contributed by atoms with Gasteiger partial charge in [0.2, 0.25) is 0 Å². The maximum atomic E-state index is 6.07. The summed E-state index contributed by atoms with van der Waals surface area (Å²) in [6, 6.07) is 16.5. The maximum Gasteiger partial charge on any atom is 0.183 e. The topological polar surface area (TPSA) is 24.9 Å². The molecule has 1 heterocycles. The van der Waals surface area contributed by atoms with Gasteiger partial charge in [-0.15, -0.1) is 11.3 Å². The fourth-order valence-corrected chi connectivity index (χ4v) is 3.12. The number of nitrogens with one attached hydrogen (secondary N) is 1. The molecule has 0 aliphatic carbocycles. The Balaban J connectivity index is 1.62. The van der Waals surface area contributed by atoms with Crippen molar-refractivity contribution in [3.05, 3.63) is 70.1 Å². The minimum atomic E-state index is 0.792. The summed E-state index contributed by atoms with van der Waals surface area (Å²) in [6.07, 6.45) is 0.996. The van der Waals surface area contributed by atoms with Gasteiger partial charge in [-0.3, -0.25) is 0 Å². The molecule has 2 aromatic carbocycles. The molecule has 0 bridgehead atoms. The van der Waals surface area contributed by atoms with E-state index in [4.69, 9.17) is 11.6 Å². The quantitative estimate of drug-likeness (QED) is 0.675. The minimum absolute atomic E-state index is 0.792. The van der Waals surface area contributed by atoms with Crippen molar-refractivity contribution < 1.29 is 0 Å². The number of hydrogen-bond acceptors (Lipinski definition) is 3. The molecule has 0 saturated carbocycles. The van der Waals surface area contributed by atoms with E-state index in [2.05, 4.69) is 46.0 Å². The van der Waals surface area contributed by atoms with Crippen LogP contribution in [-0.2, 0) is 6.42 Å². The molecule has 0 amide bonds. The molecule has 0 spiro atoms. The van der Waals surface area contributed by atoms with Crippen LogP contribution in [0.15, 0.2) is 53.9 Å².